The van der Waals surface area contributed by atoms with Gasteiger partial charge in [-0.2, -0.15) is 0 Å². The Morgan fingerprint density at radius 1 is 0.635 bits per heavy atom. The molecule has 11 rings (SSSR count). The van der Waals surface area contributed by atoms with E-state index in [0.717, 1.165) is 175 Å². The maximum atomic E-state index is 11.8. The van der Waals surface area contributed by atoms with Crippen molar-refractivity contribution in [2.24, 2.45) is 17.8 Å². The molecular weight excluding hydrogens is 955 g/mol. The molecule has 8 N–H and O–H groups in total. The summed E-state index contributed by atoms with van der Waals surface area (Å²) in [7, 11) is 1.31. The Morgan fingerprint density at radius 2 is 1.09 bits per heavy atom. The smallest absolute Gasteiger partial charge is 0.222 e. The number of anilines is 8. The molecule has 0 aromatic carbocycles. The molecule has 7 fully saturated rings. The number of nitrogens with two attached hydrogens (primary N) is 4. The quantitative estimate of drug-likeness (QED) is 0.187. The van der Waals surface area contributed by atoms with Crippen LogP contribution in [-0.2, 0) is 19.4 Å². The molecule has 4 aromatic rings. The average Bonchev–Trinajstić information content (AvgIpc) is 4.04. The highest BCUT2D eigenvalue weighted by Crippen LogP contribution is 2.40. The van der Waals surface area contributed by atoms with Crippen LogP contribution in [0.4, 0.5) is 45.5 Å². The molecule has 400 valence electrons. The Hall–Kier alpha value is -6.70. The summed E-state index contributed by atoms with van der Waals surface area (Å²) in [5.41, 5.74) is 32.3. The number of sulfone groups is 1. The van der Waals surface area contributed by atoms with Crippen LogP contribution < -0.4 is 42.5 Å². The van der Waals surface area contributed by atoms with Gasteiger partial charge in [-0.25, -0.2) is 8.42 Å². The standard InChI is InChI=1S/2C14H20N4O.C14H20N4.C12H19N3O2S/c1-11-17(2)10-14(19-11)4-7-18(8-5-14)13-3-6-16-9-12(13)15;15-12-10-16-6-3-13(12)17-8-4-11(5-9-17)18-7-1-2-14(18)19;1-10-12-9-18(6-4-11(12)8-17(10)2)14-3-5-16-7-13(14)15;1-18(16,17)9-10-3-6-15(7-4-10)12-2-5-14-8-11(12)13/h3,6,9H,1,4-5,7-8,10,15H2,2H3;3,6,10-11H,1-2,4-5,7-9,15H2;3,5,7,11-12H,1,4,6,8-9,15H2,2H3;2,5,8,10H,3-4,6-7,9,13H2,1H3/t;;11-,12+;/m..0./s1. The lowest BCUT2D eigenvalue weighted by Gasteiger charge is -2.39. The fourth-order valence-electron chi connectivity index (χ4n) is 11.9. The number of likely N-dealkylation sites (tertiary alicyclic amines) is 2. The molecule has 0 aliphatic carbocycles. The zero-order chi connectivity index (χ0) is 52.6. The highest BCUT2D eigenvalue weighted by molar-refractivity contribution is 7.90. The predicted octanol–water partition coefficient (Wildman–Crippen LogP) is 5.18. The second-order valence-electron chi connectivity index (χ2n) is 21.2. The van der Waals surface area contributed by atoms with Crippen LogP contribution in [-0.4, -0.2) is 159 Å². The molecule has 0 saturated carbocycles. The zero-order valence-electron chi connectivity index (χ0n) is 43.8. The number of hydrogen-bond acceptors (Lipinski definition) is 18. The fourth-order valence-corrected chi connectivity index (χ4v) is 13.0. The Labute approximate surface area is 438 Å². The molecule has 19 nitrogen and oxygen atoms in total. The van der Waals surface area contributed by atoms with Gasteiger partial charge in [0.25, 0.3) is 0 Å². The van der Waals surface area contributed by atoms with Crippen molar-refractivity contribution in [2.45, 2.75) is 69.4 Å². The minimum absolute atomic E-state index is 0.0515. The van der Waals surface area contributed by atoms with Crippen LogP contribution in [0.2, 0.25) is 0 Å². The normalized spacial score (nSPS) is 22.1. The number of rotatable bonds is 7. The lowest BCUT2D eigenvalue weighted by Crippen LogP contribution is -2.46. The van der Waals surface area contributed by atoms with Crippen LogP contribution in [0.5, 0.6) is 0 Å². The number of hydrogen-bond donors (Lipinski definition) is 4. The van der Waals surface area contributed by atoms with E-state index in [4.69, 9.17) is 27.7 Å². The van der Waals surface area contributed by atoms with Gasteiger partial charge in [0.1, 0.15) is 15.4 Å². The Bertz CT molecular complexity index is 2670. The highest BCUT2D eigenvalue weighted by atomic mass is 32.2. The summed E-state index contributed by atoms with van der Waals surface area (Å²) in [5, 5.41) is 0. The van der Waals surface area contributed by atoms with Crippen molar-refractivity contribution in [3.8, 4) is 0 Å². The van der Waals surface area contributed by atoms with Gasteiger partial charge >= 0.3 is 0 Å². The largest absolute Gasteiger partial charge is 0.471 e. The molecule has 0 radical (unpaired) electrons. The van der Waals surface area contributed by atoms with Gasteiger partial charge < -0.3 is 62.0 Å². The SMILES string of the molecule is C=C1OC2(CCN(c3ccncc3N)CC2)CN1C.C=C1[C@H]2CN(c3ccncc3N)CC[C@H]2CN1C.CS(=O)(=O)CC1CCN(c2ccncc2N)CC1.Nc1cnccc1N1CCC(N2CCCC2=O)CC1. The number of fused-ring (bicyclic) bond motifs is 1. The Morgan fingerprint density at radius 3 is 1.53 bits per heavy atom. The van der Waals surface area contributed by atoms with Crippen molar-refractivity contribution in [1.29, 1.82) is 0 Å². The molecule has 74 heavy (non-hydrogen) atoms. The molecule has 7 aliphatic heterocycles. The minimum Gasteiger partial charge on any atom is -0.471 e. The molecule has 7 aliphatic rings. The van der Waals surface area contributed by atoms with Crippen LogP contribution in [0.25, 0.3) is 0 Å². The van der Waals surface area contributed by atoms with Gasteiger partial charge in [0.05, 0.1) is 82.6 Å². The molecule has 0 bridgehead atoms. The van der Waals surface area contributed by atoms with E-state index in [1.165, 1.54) is 18.4 Å². The zero-order valence-corrected chi connectivity index (χ0v) is 44.6. The minimum atomic E-state index is -2.87. The van der Waals surface area contributed by atoms with Crippen molar-refractivity contribution in [3.63, 3.8) is 0 Å². The van der Waals surface area contributed by atoms with E-state index in [0.29, 0.717) is 29.3 Å². The van der Waals surface area contributed by atoms with Crippen molar-refractivity contribution >= 4 is 61.2 Å². The van der Waals surface area contributed by atoms with Crippen LogP contribution >= 0.6 is 0 Å². The number of carbonyl (C=O) groups excluding carboxylic acids is 1. The number of aromatic nitrogens is 4. The Balaban J connectivity index is 0.000000131. The maximum Gasteiger partial charge on any atom is 0.222 e. The monoisotopic (exact) mass is 1030 g/mol. The predicted molar refractivity (Wildman–Crippen MR) is 298 cm³/mol. The molecule has 11 heterocycles. The van der Waals surface area contributed by atoms with Gasteiger partial charge in [0.15, 0.2) is 5.88 Å². The second-order valence-corrected chi connectivity index (χ2v) is 23.3. The summed E-state index contributed by atoms with van der Waals surface area (Å²) >= 11 is 0. The van der Waals surface area contributed by atoms with E-state index < -0.39 is 9.84 Å². The van der Waals surface area contributed by atoms with E-state index in [2.05, 4.69) is 74.4 Å². The van der Waals surface area contributed by atoms with E-state index in [1.54, 1.807) is 43.4 Å². The molecule has 20 heteroatoms. The van der Waals surface area contributed by atoms with Crippen LogP contribution in [0.1, 0.15) is 57.8 Å². The first-order valence-corrected chi connectivity index (χ1v) is 28.3. The van der Waals surface area contributed by atoms with Crippen molar-refractivity contribution in [1.82, 2.24) is 34.6 Å². The van der Waals surface area contributed by atoms with Crippen molar-refractivity contribution in [2.75, 3.05) is 141 Å². The molecular formula is C54H79N15O4S. The number of likely N-dealkylation sites (N-methyl/N-ethyl adjacent to an activating group) is 1. The molecule has 7 saturated heterocycles. The summed E-state index contributed by atoms with van der Waals surface area (Å²) in [6, 6.07) is 8.29. The first-order chi connectivity index (χ1) is 35.5. The van der Waals surface area contributed by atoms with E-state index in [-0.39, 0.29) is 11.5 Å². The molecule has 1 amide bonds. The third-order valence-corrected chi connectivity index (χ3v) is 17.1. The molecule has 1 spiro atoms. The number of ether oxygens (including phenoxy) is 1. The van der Waals surface area contributed by atoms with Crippen LogP contribution in [0.3, 0.4) is 0 Å². The van der Waals surface area contributed by atoms with Gasteiger partial charge in [0, 0.05) is 148 Å². The van der Waals surface area contributed by atoms with Gasteiger partial charge in [-0.3, -0.25) is 24.7 Å². The van der Waals surface area contributed by atoms with Crippen LogP contribution in [0, 0.1) is 17.8 Å². The van der Waals surface area contributed by atoms with Crippen LogP contribution in [0.15, 0.2) is 98.6 Å². The maximum absolute atomic E-state index is 11.8. The molecule has 4 aromatic heterocycles. The Kier molecular flexibility index (Phi) is 17.1. The highest BCUT2D eigenvalue weighted by Gasteiger charge is 2.44. The lowest BCUT2D eigenvalue weighted by molar-refractivity contribution is -0.130. The van der Waals surface area contributed by atoms with Gasteiger partial charge in [-0.15, -0.1) is 0 Å². The molecule has 0 unspecified atom stereocenters. The van der Waals surface area contributed by atoms with Crippen molar-refractivity contribution in [3.05, 3.63) is 98.6 Å². The third kappa shape index (κ3) is 13.1. The van der Waals surface area contributed by atoms with Gasteiger partial charge in [-0.05, 0) is 81.2 Å². The first-order valence-electron chi connectivity index (χ1n) is 26.2. The third-order valence-electron chi connectivity index (χ3n) is 16.0. The van der Waals surface area contributed by atoms with E-state index in [9.17, 15) is 13.2 Å². The summed E-state index contributed by atoms with van der Waals surface area (Å²) in [4.78, 5) is 43.5. The van der Waals surface area contributed by atoms with Crippen molar-refractivity contribution < 1.29 is 17.9 Å². The van der Waals surface area contributed by atoms with E-state index >= 15 is 0 Å². The first kappa shape index (κ1) is 53.6. The number of nitrogen functional groups attached to an aromatic ring is 4. The average molecular weight is 1030 g/mol. The second kappa shape index (κ2) is 23.7. The summed E-state index contributed by atoms with van der Waals surface area (Å²) in [6.07, 6.45) is 24.0. The summed E-state index contributed by atoms with van der Waals surface area (Å²) in [5.74, 6) is 3.04. The number of piperidine rings is 4. The van der Waals surface area contributed by atoms with Gasteiger partial charge in [0.2, 0.25) is 5.91 Å². The fraction of sp³-hybridized carbons (Fsp3) is 0.537. The van der Waals surface area contributed by atoms with Gasteiger partial charge in [-0.1, -0.05) is 6.58 Å². The summed E-state index contributed by atoms with van der Waals surface area (Å²) in [6.45, 7) is 18.9. The topological polar surface area (TPSA) is 239 Å². The number of carbonyl (C=O) groups is 1. The number of amides is 1. The summed E-state index contributed by atoms with van der Waals surface area (Å²) < 4.78 is 28.5. The number of pyridine rings is 4. The number of nitrogens with zero attached hydrogens (tertiary/aromatic N) is 11. The van der Waals surface area contributed by atoms with E-state index in [1.807, 2.05) is 37.5 Å². The molecule has 2 atom stereocenters. The lowest BCUT2D eigenvalue weighted by atomic mass is 9.87.